The number of aliphatic carboxylic acids is 1. The molecule has 2 N–H and O–H groups in total. The Hall–Kier alpha value is -1.69. The zero-order chi connectivity index (χ0) is 16.0. The van der Waals surface area contributed by atoms with Gasteiger partial charge >= 0.3 is 5.97 Å². The highest BCUT2D eigenvalue weighted by Crippen LogP contribution is 2.39. The summed E-state index contributed by atoms with van der Waals surface area (Å²) in [6.07, 6.45) is 1.46. The molecule has 0 saturated heterocycles. The maximum atomic E-state index is 11.7. The molecule has 0 spiro atoms. The molecular weight excluding hydrogens is 349 g/mol. The van der Waals surface area contributed by atoms with Gasteiger partial charge in [-0.15, -0.1) is 0 Å². The summed E-state index contributed by atoms with van der Waals surface area (Å²) in [6, 6.07) is 4.34. The van der Waals surface area contributed by atoms with Gasteiger partial charge in [-0.3, -0.25) is 0 Å². The molecule has 22 heavy (non-hydrogen) atoms. The normalized spacial score (nSPS) is 17.2. The Morgan fingerprint density at radius 1 is 1.27 bits per heavy atom. The van der Waals surface area contributed by atoms with Gasteiger partial charge in [0.15, 0.2) is 0 Å². The Morgan fingerprint density at radius 2 is 2.00 bits per heavy atom. The summed E-state index contributed by atoms with van der Waals surface area (Å²) in [5.41, 5.74) is 1.33. The first-order chi connectivity index (χ1) is 10.4. The van der Waals surface area contributed by atoms with Crippen molar-refractivity contribution in [3.8, 4) is 0 Å². The molecule has 2 heterocycles. The first-order valence-corrected chi connectivity index (χ1v) is 7.42. The van der Waals surface area contributed by atoms with Crippen LogP contribution in [-0.2, 0) is 4.79 Å². The van der Waals surface area contributed by atoms with Crippen molar-refractivity contribution in [3.05, 3.63) is 56.3 Å². The number of carbonyl (C=O) groups is 1. The van der Waals surface area contributed by atoms with Gasteiger partial charge in [0.25, 0.3) is 0 Å². The van der Waals surface area contributed by atoms with E-state index >= 15 is 0 Å². The second-order valence-electron chi connectivity index (χ2n) is 4.83. The fraction of sp³-hybridized carbons (Fsp3) is 0.143. The van der Waals surface area contributed by atoms with Crippen molar-refractivity contribution in [1.82, 2.24) is 9.78 Å². The van der Waals surface area contributed by atoms with E-state index in [4.69, 9.17) is 34.8 Å². The second-order valence-corrected chi connectivity index (χ2v) is 6.05. The van der Waals surface area contributed by atoms with Crippen LogP contribution in [0.4, 0.5) is 5.82 Å². The van der Waals surface area contributed by atoms with Crippen molar-refractivity contribution in [2.24, 2.45) is 0 Å². The number of carboxylic acids is 1. The number of benzene rings is 1. The summed E-state index contributed by atoms with van der Waals surface area (Å²) in [6.45, 7) is 1.68. The molecule has 8 heteroatoms. The molecular formula is C14H10Cl3N3O2. The number of anilines is 1. The Balaban J connectivity index is 2.24. The van der Waals surface area contributed by atoms with Gasteiger partial charge in [-0.05, 0) is 24.6 Å². The predicted octanol–water partition coefficient (Wildman–Crippen LogP) is 4.22. The number of rotatable bonds is 2. The number of nitrogens with one attached hydrogen (secondary N) is 1. The summed E-state index contributed by atoms with van der Waals surface area (Å²) < 4.78 is 1.53. The molecule has 2 aromatic rings. The molecule has 114 valence electrons. The number of nitrogens with zero attached hydrogens (tertiary/aromatic N) is 2. The molecule has 0 bridgehead atoms. The summed E-state index contributed by atoms with van der Waals surface area (Å²) in [5.74, 6) is -0.501. The smallest absolute Gasteiger partial charge is 0.335 e. The lowest BCUT2D eigenvalue weighted by molar-refractivity contribution is -0.133. The fourth-order valence-corrected chi connectivity index (χ4v) is 2.98. The zero-order valence-electron chi connectivity index (χ0n) is 11.3. The zero-order valence-corrected chi connectivity index (χ0v) is 13.5. The second kappa shape index (κ2) is 5.50. The maximum absolute atomic E-state index is 11.7. The predicted molar refractivity (Wildman–Crippen MR) is 85.8 cm³/mol. The average Bonchev–Trinajstić information content (AvgIpc) is 2.81. The van der Waals surface area contributed by atoms with E-state index < -0.39 is 12.0 Å². The molecule has 1 aromatic heterocycles. The van der Waals surface area contributed by atoms with E-state index in [-0.39, 0.29) is 5.57 Å². The van der Waals surface area contributed by atoms with Gasteiger partial charge in [0.2, 0.25) is 0 Å². The van der Waals surface area contributed by atoms with E-state index in [9.17, 15) is 9.90 Å². The summed E-state index contributed by atoms with van der Waals surface area (Å²) >= 11 is 18.1. The van der Waals surface area contributed by atoms with Gasteiger partial charge < -0.3 is 10.4 Å². The monoisotopic (exact) mass is 357 g/mol. The number of fused-ring (bicyclic) bond motifs is 1. The van der Waals surface area contributed by atoms with Gasteiger partial charge in [-0.2, -0.15) is 5.10 Å². The van der Waals surface area contributed by atoms with E-state index in [1.807, 2.05) is 0 Å². The lowest BCUT2D eigenvalue weighted by Gasteiger charge is -2.28. The van der Waals surface area contributed by atoms with Crippen LogP contribution in [-0.4, -0.2) is 20.9 Å². The highest BCUT2D eigenvalue weighted by Gasteiger charge is 2.34. The summed E-state index contributed by atoms with van der Waals surface area (Å²) in [7, 11) is 0. The number of aromatic nitrogens is 2. The van der Waals surface area contributed by atoms with E-state index in [1.165, 1.54) is 10.9 Å². The SMILES string of the molecule is CC1=C(C(=O)O)C(c2ccc(Cl)c(Cl)c2)n2ncc(Cl)c2N1. The maximum Gasteiger partial charge on any atom is 0.335 e. The molecule has 1 aliphatic rings. The van der Waals surface area contributed by atoms with Crippen LogP contribution < -0.4 is 5.32 Å². The summed E-state index contributed by atoms with van der Waals surface area (Å²) in [4.78, 5) is 11.7. The average molecular weight is 359 g/mol. The highest BCUT2D eigenvalue weighted by atomic mass is 35.5. The van der Waals surface area contributed by atoms with Crippen molar-refractivity contribution < 1.29 is 9.90 Å². The van der Waals surface area contributed by atoms with E-state index in [0.717, 1.165) is 0 Å². The first kappa shape index (κ1) is 15.2. The van der Waals surface area contributed by atoms with Crippen molar-refractivity contribution >= 4 is 46.6 Å². The topological polar surface area (TPSA) is 67.1 Å². The van der Waals surface area contributed by atoms with Crippen molar-refractivity contribution in [2.75, 3.05) is 5.32 Å². The van der Waals surface area contributed by atoms with E-state index in [0.29, 0.717) is 32.1 Å². The third kappa shape index (κ3) is 2.35. The minimum absolute atomic E-state index is 0.172. The molecule has 0 aliphatic carbocycles. The van der Waals surface area contributed by atoms with Crippen LogP contribution in [0.2, 0.25) is 15.1 Å². The lowest BCUT2D eigenvalue weighted by atomic mass is 9.95. The third-order valence-corrected chi connectivity index (χ3v) is 4.48. The number of hydrogen-bond donors (Lipinski definition) is 2. The standard InChI is InChI=1S/C14H10Cl3N3O2/c1-6-11(14(21)22)12(7-2-3-8(15)9(16)4-7)20-13(19-6)10(17)5-18-20/h2-5,12,19H,1H3,(H,21,22). The Labute approximate surface area is 141 Å². The molecule has 0 radical (unpaired) electrons. The molecule has 1 unspecified atom stereocenters. The van der Waals surface area contributed by atoms with E-state index in [2.05, 4.69) is 10.4 Å². The highest BCUT2D eigenvalue weighted by molar-refractivity contribution is 6.42. The Kier molecular flexibility index (Phi) is 3.80. The summed E-state index contributed by atoms with van der Waals surface area (Å²) in [5, 5.41) is 17.9. The van der Waals surface area contributed by atoms with Gasteiger partial charge in [0.05, 0.1) is 21.8 Å². The Bertz CT molecular complexity index is 814. The fourth-order valence-electron chi connectivity index (χ4n) is 2.49. The molecule has 1 aromatic carbocycles. The molecule has 1 aliphatic heterocycles. The van der Waals surface area contributed by atoms with Crippen molar-refractivity contribution in [1.29, 1.82) is 0 Å². The van der Waals surface area contributed by atoms with Gasteiger partial charge in [0, 0.05) is 5.70 Å². The minimum atomic E-state index is -1.04. The van der Waals surface area contributed by atoms with Gasteiger partial charge in [-0.25, -0.2) is 9.48 Å². The third-order valence-electron chi connectivity index (χ3n) is 3.47. The van der Waals surface area contributed by atoms with Crippen LogP contribution >= 0.6 is 34.8 Å². The molecule has 5 nitrogen and oxygen atoms in total. The van der Waals surface area contributed by atoms with Crippen LogP contribution in [0.3, 0.4) is 0 Å². The molecule has 0 fully saturated rings. The first-order valence-electron chi connectivity index (χ1n) is 6.29. The number of carboxylic acid groups (broad SMARTS) is 1. The van der Waals surface area contributed by atoms with Crippen molar-refractivity contribution in [2.45, 2.75) is 13.0 Å². The van der Waals surface area contributed by atoms with Crippen LogP contribution in [0.25, 0.3) is 0 Å². The van der Waals surface area contributed by atoms with Crippen molar-refractivity contribution in [3.63, 3.8) is 0 Å². The molecule has 3 rings (SSSR count). The van der Waals surface area contributed by atoms with Gasteiger partial charge in [0.1, 0.15) is 16.9 Å². The number of hydrogen-bond acceptors (Lipinski definition) is 3. The number of halogens is 3. The lowest BCUT2D eigenvalue weighted by Crippen LogP contribution is -2.28. The Morgan fingerprint density at radius 3 is 2.64 bits per heavy atom. The van der Waals surface area contributed by atoms with Crippen LogP contribution in [0, 0.1) is 0 Å². The quantitative estimate of drug-likeness (QED) is 0.843. The van der Waals surface area contributed by atoms with Crippen LogP contribution in [0.5, 0.6) is 0 Å². The van der Waals surface area contributed by atoms with Crippen LogP contribution in [0.1, 0.15) is 18.5 Å². The number of allylic oxidation sites excluding steroid dienone is 1. The largest absolute Gasteiger partial charge is 0.478 e. The van der Waals surface area contributed by atoms with E-state index in [1.54, 1.807) is 25.1 Å². The minimum Gasteiger partial charge on any atom is -0.478 e. The molecule has 0 amide bonds. The molecule has 1 atom stereocenters. The van der Waals surface area contributed by atoms with Crippen LogP contribution in [0.15, 0.2) is 35.7 Å². The van der Waals surface area contributed by atoms with Gasteiger partial charge in [-0.1, -0.05) is 40.9 Å². The molecule has 0 saturated carbocycles.